The number of aromatic nitrogens is 4. The number of imidazole rings is 1. The molecule has 4 rings (SSSR count). The van der Waals surface area contributed by atoms with Gasteiger partial charge >= 0.3 is 11.8 Å². The summed E-state index contributed by atoms with van der Waals surface area (Å²) < 4.78 is 2.70. The largest absolute Gasteiger partial charge is 0.465 e. The van der Waals surface area contributed by atoms with Gasteiger partial charge in [0, 0.05) is 22.7 Å². The zero-order valence-electron chi connectivity index (χ0n) is 18.3. The number of nitrogens with zero attached hydrogens (tertiary/aromatic N) is 4. The molecule has 170 valence electrons. The lowest BCUT2D eigenvalue weighted by molar-refractivity contribution is 0.106. The molecule has 1 saturated heterocycles. The van der Waals surface area contributed by atoms with E-state index in [1.54, 1.807) is 15.7 Å². The third-order valence-electron chi connectivity index (χ3n) is 5.92. The predicted molar refractivity (Wildman–Crippen MR) is 131 cm³/mol. The molecular formula is C22H27IN6O3. The van der Waals surface area contributed by atoms with Crippen LogP contribution in [0.1, 0.15) is 32.8 Å². The molecule has 0 bridgehead atoms. The van der Waals surface area contributed by atoms with E-state index in [2.05, 4.69) is 63.6 Å². The molecule has 0 saturated carbocycles. The van der Waals surface area contributed by atoms with Gasteiger partial charge in [-0.2, -0.15) is 4.98 Å². The van der Waals surface area contributed by atoms with Gasteiger partial charge in [0.25, 0.3) is 0 Å². The fourth-order valence-electron chi connectivity index (χ4n) is 4.33. The van der Waals surface area contributed by atoms with Gasteiger partial charge in [0.2, 0.25) is 5.95 Å². The summed E-state index contributed by atoms with van der Waals surface area (Å²) in [6.07, 6.45) is 1.51. The molecule has 9 nitrogen and oxygen atoms in total. The van der Waals surface area contributed by atoms with Crippen molar-refractivity contribution in [2.24, 2.45) is 11.3 Å². The van der Waals surface area contributed by atoms with Crippen LogP contribution in [0.3, 0.4) is 0 Å². The third kappa shape index (κ3) is 4.74. The number of likely N-dealkylation sites (tertiary alicyclic amines) is 1. The maximum Gasteiger partial charge on any atom is 0.407 e. The molecule has 2 atom stereocenters. The molecule has 0 aliphatic carbocycles. The summed E-state index contributed by atoms with van der Waals surface area (Å²) in [4.78, 5) is 37.4. The summed E-state index contributed by atoms with van der Waals surface area (Å²) in [6, 6.07) is 7.95. The van der Waals surface area contributed by atoms with Gasteiger partial charge in [0.15, 0.2) is 5.65 Å². The topological polar surface area (TPSA) is 116 Å². The van der Waals surface area contributed by atoms with Crippen LogP contribution in [0, 0.1) is 14.9 Å². The first kappa shape index (κ1) is 22.6. The Morgan fingerprint density at radius 2 is 2.16 bits per heavy atom. The highest BCUT2D eigenvalue weighted by atomic mass is 127. The predicted octanol–water partition coefficient (Wildman–Crippen LogP) is 3.60. The van der Waals surface area contributed by atoms with Crippen LogP contribution >= 0.6 is 22.6 Å². The summed E-state index contributed by atoms with van der Waals surface area (Å²) in [5, 5.41) is 12.8. The van der Waals surface area contributed by atoms with Crippen LogP contribution in [-0.4, -0.2) is 54.8 Å². The average Bonchev–Trinajstić information content (AvgIpc) is 3.28. The van der Waals surface area contributed by atoms with Gasteiger partial charge in [0.1, 0.15) is 5.52 Å². The third-order valence-corrected chi connectivity index (χ3v) is 6.59. The van der Waals surface area contributed by atoms with Crippen LogP contribution in [-0.2, 0) is 6.54 Å². The SMILES string of the molecule is CC(C)(C)C1CC(CNc2ncc3[nH]c(=O)n(Cc4cccc(I)c4)c3n2)CN1C(=O)O. The summed E-state index contributed by atoms with van der Waals surface area (Å²) >= 11 is 2.25. The fourth-order valence-corrected chi connectivity index (χ4v) is 4.94. The molecule has 10 heteroatoms. The van der Waals surface area contributed by atoms with Gasteiger partial charge in [-0.1, -0.05) is 32.9 Å². The minimum atomic E-state index is -0.878. The molecule has 1 aromatic carbocycles. The molecule has 3 heterocycles. The first-order valence-electron chi connectivity index (χ1n) is 10.6. The first-order valence-corrected chi connectivity index (χ1v) is 11.6. The van der Waals surface area contributed by atoms with E-state index in [1.807, 2.05) is 24.3 Å². The van der Waals surface area contributed by atoms with E-state index in [0.29, 0.717) is 36.7 Å². The van der Waals surface area contributed by atoms with Gasteiger partial charge in [0.05, 0.1) is 12.7 Å². The summed E-state index contributed by atoms with van der Waals surface area (Å²) in [5.74, 6) is 0.586. The molecule has 1 aliphatic rings. The fraction of sp³-hybridized carbons (Fsp3) is 0.455. The zero-order chi connectivity index (χ0) is 23.0. The molecule has 3 aromatic rings. The van der Waals surface area contributed by atoms with Crippen LogP contribution in [0.25, 0.3) is 11.2 Å². The van der Waals surface area contributed by atoms with E-state index in [1.165, 1.54) is 0 Å². The lowest BCUT2D eigenvalue weighted by Crippen LogP contribution is -2.42. The van der Waals surface area contributed by atoms with E-state index in [-0.39, 0.29) is 23.1 Å². The Morgan fingerprint density at radius 3 is 2.81 bits per heavy atom. The van der Waals surface area contributed by atoms with Crippen LogP contribution in [0.15, 0.2) is 35.3 Å². The maximum atomic E-state index is 12.5. The Morgan fingerprint density at radius 1 is 1.38 bits per heavy atom. The molecule has 1 amide bonds. The molecule has 1 aliphatic heterocycles. The van der Waals surface area contributed by atoms with Gasteiger partial charge in [-0.25, -0.2) is 14.6 Å². The first-order chi connectivity index (χ1) is 15.1. The highest BCUT2D eigenvalue weighted by molar-refractivity contribution is 14.1. The molecule has 2 aromatic heterocycles. The van der Waals surface area contributed by atoms with Crippen molar-refractivity contribution >= 4 is 45.8 Å². The van der Waals surface area contributed by atoms with Gasteiger partial charge in [-0.15, -0.1) is 0 Å². The normalized spacial score (nSPS) is 18.9. The van der Waals surface area contributed by atoms with Gasteiger partial charge < -0.3 is 20.3 Å². The van der Waals surface area contributed by atoms with Crippen molar-refractivity contribution in [1.29, 1.82) is 0 Å². The lowest BCUT2D eigenvalue weighted by Gasteiger charge is -2.33. The highest BCUT2D eigenvalue weighted by Crippen LogP contribution is 2.35. The van der Waals surface area contributed by atoms with Crippen molar-refractivity contribution in [3.63, 3.8) is 0 Å². The van der Waals surface area contributed by atoms with Crippen molar-refractivity contribution in [2.75, 3.05) is 18.4 Å². The quantitative estimate of drug-likeness (QED) is 0.419. The average molecular weight is 550 g/mol. The summed E-state index contributed by atoms with van der Waals surface area (Å²) in [5.41, 5.74) is 1.78. The molecule has 32 heavy (non-hydrogen) atoms. The number of carbonyl (C=O) groups is 1. The van der Waals surface area contributed by atoms with Crippen molar-refractivity contribution < 1.29 is 9.90 Å². The number of benzene rings is 1. The summed E-state index contributed by atoms with van der Waals surface area (Å²) in [7, 11) is 0. The van der Waals surface area contributed by atoms with E-state index >= 15 is 0 Å². The smallest absolute Gasteiger partial charge is 0.407 e. The standard InChI is InChI=1S/C22H27IN6O3/c1-22(2,3)17-8-14(12-28(17)21(31)32)9-24-19-25-10-16-18(27-19)29(20(30)26-16)11-13-5-4-6-15(23)7-13/h4-7,10,14,17H,8-9,11-12H2,1-3H3,(H,26,30)(H,31,32)(H,24,25,27). The number of anilines is 1. The van der Waals surface area contributed by atoms with Crippen molar-refractivity contribution in [3.05, 3.63) is 50.1 Å². The number of amides is 1. The van der Waals surface area contributed by atoms with Gasteiger partial charge in [-0.3, -0.25) is 4.57 Å². The van der Waals surface area contributed by atoms with E-state index in [0.717, 1.165) is 15.6 Å². The number of rotatable bonds is 5. The number of H-pyrrole nitrogens is 1. The van der Waals surface area contributed by atoms with E-state index in [4.69, 9.17) is 0 Å². The number of halogens is 1. The molecular weight excluding hydrogens is 523 g/mol. The monoisotopic (exact) mass is 550 g/mol. The molecule has 0 radical (unpaired) electrons. The van der Waals surface area contributed by atoms with Crippen LogP contribution in [0.5, 0.6) is 0 Å². The van der Waals surface area contributed by atoms with Crippen LogP contribution in [0.2, 0.25) is 0 Å². The number of carboxylic acid groups (broad SMARTS) is 1. The Balaban J connectivity index is 1.51. The van der Waals surface area contributed by atoms with Crippen molar-refractivity contribution in [2.45, 2.75) is 39.8 Å². The Hall–Kier alpha value is -2.63. The molecule has 1 fully saturated rings. The summed E-state index contributed by atoms with van der Waals surface area (Å²) in [6.45, 7) is 7.66. The van der Waals surface area contributed by atoms with Crippen LogP contribution in [0.4, 0.5) is 10.7 Å². The highest BCUT2D eigenvalue weighted by Gasteiger charge is 2.41. The maximum absolute atomic E-state index is 12.5. The number of aromatic amines is 1. The van der Waals surface area contributed by atoms with Crippen molar-refractivity contribution in [1.82, 2.24) is 24.4 Å². The second kappa shape index (κ2) is 8.72. The lowest BCUT2D eigenvalue weighted by atomic mass is 9.84. The van der Waals surface area contributed by atoms with E-state index in [9.17, 15) is 14.7 Å². The van der Waals surface area contributed by atoms with Crippen LogP contribution < -0.4 is 11.0 Å². The second-order valence-corrected chi connectivity index (χ2v) is 10.6. The Kier molecular flexibility index (Phi) is 6.15. The number of hydrogen-bond donors (Lipinski definition) is 3. The second-order valence-electron chi connectivity index (χ2n) is 9.38. The number of nitrogens with one attached hydrogen (secondary N) is 2. The minimum absolute atomic E-state index is 0.0290. The van der Waals surface area contributed by atoms with Crippen molar-refractivity contribution in [3.8, 4) is 0 Å². The molecule has 3 N–H and O–H groups in total. The number of hydrogen-bond acceptors (Lipinski definition) is 5. The number of fused-ring (bicyclic) bond motifs is 1. The zero-order valence-corrected chi connectivity index (χ0v) is 20.5. The molecule has 2 unspecified atom stereocenters. The Labute approximate surface area is 199 Å². The van der Waals surface area contributed by atoms with E-state index < -0.39 is 6.09 Å². The minimum Gasteiger partial charge on any atom is -0.465 e. The Bertz CT molecular complexity index is 1200. The molecule has 0 spiro atoms. The van der Waals surface area contributed by atoms with Gasteiger partial charge in [-0.05, 0) is 58.0 Å².